The summed E-state index contributed by atoms with van der Waals surface area (Å²) in [5.74, 6) is 2.33. The van der Waals surface area contributed by atoms with E-state index >= 15 is 0 Å². The number of halogens is 1. The Morgan fingerprint density at radius 3 is 2.83 bits per heavy atom. The Balaban J connectivity index is 0.00000146. The lowest BCUT2D eigenvalue weighted by Gasteiger charge is -2.38. The molecule has 1 spiro atoms. The summed E-state index contributed by atoms with van der Waals surface area (Å²) in [4.78, 5) is 2.53. The van der Waals surface area contributed by atoms with Crippen LogP contribution in [0.2, 0.25) is 0 Å². The van der Waals surface area contributed by atoms with E-state index in [1.807, 2.05) is 0 Å². The highest BCUT2D eigenvalue weighted by Gasteiger charge is 2.56. The molecule has 4 aliphatic rings. The third kappa shape index (κ3) is 1.95. The number of benzene rings is 1. The highest BCUT2D eigenvalue weighted by Crippen LogP contribution is 2.54. The molecule has 0 bridgehead atoms. The molecule has 1 fully saturated rings. The van der Waals surface area contributed by atoms with Crippen LogP contribution in [-0.4, -0.2) is 48.6 Å². The quantitative estimate of drug-likeness (QED) is 0.840. The zero-order chi connectivity index (χ0) is 15.6. The van der Waals surface area contributed by atoms with Gasteiger partial charge in [-0.25, -0.2) is 0 Å². The zero-order valence-electron chi connectivity index (χ0n) is 13.7. The van der Waals surface area contributed by atoms with Crippen LogP contribution in [0.15, 0.2) is 24.0 Å². The summed E-state index contributed by atoms with van der Waals surface area (Å²) in [5, 5.41) is 11.0. The van der Waals surface area contributed by atoms with Gasteiger partial charge in [0.15, 0.2) is 11.5 Å². The number of methoxy groups -OCH3 is 1. The molecule has 1 saturated heterocycles. The molecule has 24 heavy (non-hydrogen) atoms. The zero-order valence-corrected chi connectivity index (χ0v) is 14.5. The van der Waals surface area contributed by atoms with E-state index in [-0.39, 0.29) is 30.7 Å². The van der Waals surface area contributed by atoms with Crippen molar-refractivity contribution in [2.24, 2.45) is 0 Å². The van der Waals surface area contributed by atoms with Gasteiger partial charge in [-0.3, -0.25) is 4.90 Å². The van der Waals surface area contributed by atoms with Crippen LogP contribution in [0.25, 0.3) is 0 Å². The van der Waals surface area contributed by atoms with Crippen LogP contribution in [-0.2, 0) is 11.2 Å². The maximum absolute atomic E-state index is 11.0. The fourth-order valence-electron chi connectivity index (χ4n) is 4.99. The summed E-state index contributed by atoms with van der Waals surface area (Å²) < 4.78 is 16.6. The van der Waals surface area contributed by atoms with Gasteiger partial charge in [0.05, 0.1) is 12.6 Å². The number of fused-ring (bicyclic) bond motifs is 3. The van der Waals surface area contributed by atoms with E-state index in [2.05, 4.69) is 23.1 Å². The summed E-state index contributed by atoms with van der Waals surface area (Å²) in [6.45, 7) is 2.37. The average Bonchev–Trinajstić information content (AvgIpc) is 3.21. The maximum atomic E-state index is 11.0. The Kier molecular flexibility index (Phi) is 3.71. The van der Waals surface area contributed by atoms with E-state index in [4.69, 9.17) is 14.2 Å². The summed E-state index contributed by atoms with van der Waals surface area (Å²) in [7, 11) is 1.65. The van der Waals surface area contributed by atoms with Crippen molar-refractivity contribution < 1.29 is 19.3 Å². The number of nitrogens with zero attached hydrogens (tertiary/aromatic N) is 1. The fourth-order valence-corrected chi connectivity index (χ4v) is 4.99. The minimum atomic E-state index is -0.599. The molecule has 0 saturated carbocycles. The molecule has 1 aromatic rings. The number of ether oxygens (including phenoxy) is 3. The van der Waals surface area contributed by atoms with E-state index < -0.39 is 6.10 Å². The SMILES string of the molecule is COC1=C[C@]23CCCN2CCc2cc4c(cc2[C@@H]3[C@@H]1O)OCO4.Cl. The molecule has 1 aromatic carbocycles. The third-order valence-electron chi connectivity index (χ3n) is 5.99. The fraction of sp³-hybridized carbons (Fsp3) is 0.556. The Labute approximate surface area is 147 Å². The highest BCUT2D eigenvalue weighted by molar-refractivity contribution is 5.85. The van der Waals surface area contributed by atoms with Gasteiger partial charge in [0.1, 0.15) is 11.9 Å². The molecule has 1 aliphatic carbocycles. The van der Waals surface area contributed by atoms with Crippen LogP contribution in [0, 0.1) is 0 Å². The smallest absolute Gasteiger partial charge is 0.231 e. The van der Waals surface area contributed by atoms with E-state index in [0.717, 1.165) is 43.9 Å². The molecule has 5 rings (SSSR count). The van der Waals surface area contributed by atoms with Crippen LogP contribution >= 0.6 is 12.4 Å². The molecule has 1 N–H and O–H groups in total. The van der Waals surface area contributed by atoms with Crippen molar-refractivity contribution in [3.63, 3.8) is 0 Å². The molecular weight excluding hydrogens is 330 g/mol. The van der Waals surface area contributed by atoms with Crippen molar-refractivity contribution in [3.05, 3.63) is 35.1 Å². The Morgan fingerprint density at radius 2 is 2.04 bits per heavy atom. The van der Waals surface area contributed by atoms with Crippen molar-refractivity contribution in [3.8, 4) is 11.5 Å². The highest BCUT2D eigenvalue weighted by atomic mass is 35.5. The molecule has 0 unspecified atom stereocenters. The monoisotopic (exact) mass is 351 g/mol. The standard InChI is InChI=1S/C18H21NO4.ClH/c1-21-15-9-18-4-2-5-19(18)6-3-11-7-13-14(23-10-22-13)8-12(11)16(18)17(15)20;/h7-9,16-17,20H,2-6,10H2,1H3;1H/t16-,17-,18+;/m1./s1. The number of hydrogen-bond acceptors (Lipinski definition) is 5. The molecule has 3 heterocycles. The lowest BCUT2D eigenvalue weighted by molar-refractivity contribution is 0.0782. The number of hydrogen-bond donors (Lipinski definition) is 1. The van der Waals surface area contributed by atoms with E-state index in [0.29, 0.717) is 5.76 Å². The second kappa shape index (κ2) is 5.55. The second-order valence-corrected chi connectivity index (χ2v) is 6.91. The number of aliphatic hydroxyl groups is 1. The van der Waals surface area contributed by atoms with Crippen molar-refractivity contribution in [2.75, 3.05) is 27.0 Å². The first-order chi connectivity index (χ1) is 11.2. The number of rotatable bonds is 1. The van der Waals surface area contributed by atoms with E-state index in [1.54, 1.807) is 7.11 Å². The first kappa shape index (κ1) is 16.1. The lowest BCUT2D eigenvalue weighted by Crippen LogP contribution is -2.46. The van der Waals surface area contributed by atoms with Crippen molar-refractivity contribution in [1.29, 1.82) is 0 Å². The van der Waals surface area contributed by atoms with Gasteiger partial charge in [-0.2, -0.15) is 0 Å². The minimum absolute atomic E-state index is 0. The maximum Gasteiger partial charge on any atom is 0.231 e. The molecule has 3 atom stereocenters. The predicted molar refractivity (Wildman–Crippen MR) is 90.9 cm³/mol. The Bertz CT molecular complexity index is 707. The lowest BCUT2D eigenvalue weighted by atomic mass is 9.78. The van der Waals surface area contributed by atoms with Crippen LogP contribution in [0.3, 0.4) is 0 Å². The molecule has 130 valence electrons. The van der Waals surface area contributed by atoms with Crippen LogP contribution in [0.1, 0.15) is 29.9 Å². The normalized spacial score (nSPS) is 33.0. The van der Waals surface area contributed by atoms with Crippen molar-refractivity contribution >= 4 is 12.4 Å². The van der Waals surface area contributed by atoms with Gasteiger partial charge in [0.25, 0.3) is 0 Å². The van der Waals surface area contributed by atoms with Gasteiger partial charge in [-0.1, -0.05) is 0 Å². The molecule has 0 aromatic heterocycles. The van der Waals surface area contributed by atoms with E-state index in [1.165, 1.54) is 11.1 Å². The van der Waals surface area contributed by atoms with E-state index in [9.17, 15) is 5.11 Å². The van der Waals surface area contributed by atoms with Gasteiger partial charge in [-0.15, -0.1) is 12.4 Å². The van der Waals surface area contributed by atoms with Crippen molar-refractivity contribution in [2.45, 2.75) is 36.8 Å². The summed E-state index contributed by atoms with van der Waals surface area (Å²) in [6, 6.07) is 4.19. The summed E-state index contributed by atoms with van der Waals surface area (Å²) in [5.41, 5.74) is 2.33. The van der Waals surface area contributed by atoms with Crippen LogP contribution in [0.5, 0.6) is 11.5 Å². The molecule has 5 nitrogen and oxygen atoms in total. The van der Waals surface area contributed by atoms with Gasteiger partial charge >= 0.3 is 0 Å². The molecule has 6 heteroatoms. The third-order valence-corrected chi connectivity index (χ3v) is 5.99. The van der Waals surface area contributed by atoms with Crippen molar-refractivity contribution in [1.82, 2.24) is 4.90 Å². The Hall–Kier alpha value is -1.43. The molecular formula is C18H22ClNO4. The summed E-state index contributed by atoms with van der Waals surface area (Å²) >= 11 is 0. The molecule has 0 radical (unpaired) electrons. The predicted octanol–water partition coefficient (Wildman–Crippen LogP) is 2.22. The first-order valence-electron chi connectivity index (χ1n) is 8.35. The second-order valence-electron chi connectivity index (χ2n) is 6.91. The van der Waals surface area contributed by atoms with Crippen LogP contribution in [0.4, 0.5) is 0 Å². The van der Waals surface area contributed by atoms with Gasteiger partial charge in [-0.05, 0) is 55.1 Å². The number of aliphatic hydroxyl groups excluding tert-OH is 1. The van der Waals surface area contributed by atoms with Crippen LogP contribution < -0.4 is 9.47 Å². The first-order valence-corrected chi connectivity index (χ1v) is 8.35. The Morgan fingerprint density at radius 1 is 1.25 bits per heavy atom. The minimum Gasteiger partial charge on any atom is -0.499 e. The van der Waals surface area contributed by atoms with Gasteiger partial charge in [0.2, 0.25) is 6.79 Å². The molecule has 3 aliphatic heterocycles. The van der Waals surface area contributed by atoms with Gasteiger partial charge in [0, 0.05) is 12.5 Å². The van der Waals surface area contributed by atoms with Gasteiger partial charge < -0.3 is 19.3 Å². The average molecular weight is 352 g/mol. The molecule has 0 amide bonds. The largest absolute Gasteiger partial charge is 0.499 e. The topological polar surface area (TPSA) is 51.2 Å². The summed E-state index contributed by atoms with van der Waals surface area (Å²) in [6.07, 6.45) is 4.78.